The molecular weight excluding hydrogens is 414 g/mol. The Kier molecular flexibility index (Phi) is 5.79. The molecule has 0 unspecified atom stereocenters. The Labute approximate surface area is 180 Å². The molecule has 4 rings (SSSR count). The highest BCUT2D eigenvalue weighted by Gasteiger charge is 2.11. The number of para-hydroxylation sites is 2. The zero-order valence-electron chi connectivity index (χ0n) is 16.8. The summed E-state index contributed by atoms with van der Waals surface area (Å²) in [4.78, 5) is 21.3. The van der Waals surface area contributed by atoms with Gasteiger partial charge in [-0.2, -0.15) is 0 Å². The van der Waals surface area contributed by atoms with Crippen molar-refractivity contribution in [3.05, 3.63) is 78.8 Å². The first-order chi connectivity index (χ1) is 15.0. The number of amides is 1. The first-order valence-corrected chi connectivity index (χ1v) is 11.2. The van der Waals surface area contributed by atoms with E-state index in [0.717, 1.165) is 16.6 Å². The lowest BCUT2D eigenvalue weighted by Gasteiger charge is -2.08. The van der Waals surface area contributed by atoms with Crippen LogP contribution in [0.15, 0.2) is 78.1 Å². The summed E-state index contributed by atoms with van der Waals surface area (Å²) in [5, 5.41) is 2.83. The molecule has 2 heterocycles. The summed E-state index contributed by atoms with van der Waals surface area (Å²) >= 11 is 0. The molecule has 0 aliphatic heterocycles. The molecule has 0 aliphatic carbocycles. The normalized spacial score (nSPS) is 11.5. The van der Waals surface area contributed by atoms with Crippen LogP contribution in [0.3, 0.4) is 0 Å². The molecule has 2 aromatic heterocycles. The van der Waals surface area contributed by atoms with Crippen molar-refractivity contribution in [1.82, 2.24) is 19.3 Å². The van der Waals surface area contributed by atoms with Crippen LogP contribution < -0.4 is 10.0 Å². The maximum absolute atomic E-state index is 12.3. The summed E-state index contributed by atoms with van der Waals surface area (Å²) in [6, 6.07) is 17.9. The van der Waals surface area contributed by atoms with Gasteiger partial charge < -0.3 is 5.32 Å². The Morgan fingerprint density at radius 3 is 2.48 bits per heavy atom. The van der Waals surface area contributed by atoms with E-state index in [1.165, 1.54) is 19.2 Å². The summed E-state index contributed by atoms with van der Waals surface area (Å²) in [6.07, 6.45) is 4.10. The van der Waals surface area contributed by atoms with Gasteiger partial charge in [0.15, 0.2) is 0 Å². The number of benzene rings is 2. The summed E-state index contributed by atoms with van der Waals surface area (Å²) in [5.41, 5.74) is 3.33. The number of carbonyl (C=O) groups excluding carboxylic acids is 1. The first-order valence-electron chi connectivity index (χ1n) is 9.67. The van der Waals surface area contributed by atoms with Crippen molar-refractivity contribution in [3.63, 3.8) is 0 Å². The van der Waals surface area contributed by atoms with Crippen molar-refractivity contribution in [2.45, 2.75) is 17.7 Å². The second-order valence-corrected chi connectivity index (χ2v) is 8.79. The third kappa shape index (κ3) is 4.62. The second-order valence-electron chi connectivity index (χ2n) is 6.91. The Balaban J connectivity index is 1.36. The van der Waals surface area contributed by atoms with Gasteiger partial charge in [0, 0.05) is 6.42 Å². The Bertz CT molecular complexity index is 1310. The smallest absolute Gasteiger partial charge is 0.240 e. The standard InChI is InChI=1S/C22H21N5O3S/c1-23-31(29,30)18-10-6-16(7-11-18)8-13-22(28)26-17-9-12-21(24-14-17)27-15-25-19-4-2-3-5-20(19)27/h2-7,9-12,14-15,23H,8,13H2,1H3,(H,26,28). The lowest BCUT2D eigenvalue weighted by molar-refractivity contribution is -0.116. The van der Waals surface area contributed by atoms with Crippen molar-refractivity contribution < 1.29 is 13.2 Å². The van der Waals surface area contributed by atoms with Crippen molar-refractivity contribution in [1.29, 1.82) is 0 Å². The minimum Gasteiger partial charge on any atom is -0.325 e. The molecule has 0 saturated heterocycles. The van der Waals surface area contributed by atoms with E-state index in [2.05, 4.69) is 20.0 Å². The van der Waals surface area contributed by atoms with Crippen LogP contribution in [0.2, 0.25) is 0 Å². The third-order valence-corrected chi connectivity index (χ3v) is 6.31. The van der Waals surface area contributed by atoms with Gasteiger partial charge >= 0.3 is 0 Å². The molecule has 31 heavy (non-hydrogen) atoms. The van der Waals surface area contributed by atoms with E-state index < -0.39 is 10.0 Å². The number of nitrogens with one attached hydrogen (secondary N) is 2. The molecule has 0 saturated carbocycles. The highest BCUT2D eigenvalue weighted by atomic mass is 32.2. The number of hydrogen-bond acceptors (Lipinski definition) is 5. The van der Waals surface area contributed by atoms with Gasteiger partial charge in [0.05, 0.1) is 27.8 Å². The van der Waals surface area contributed by atoms with Gasteiger partial charge in [-0.05, 0) is 55.4 Å². The van der Waals surface area contributed by atoms with Crippen molar-refractivity contribution >= 4 is 32.7 Å². The number of aryl methyl sites for hydroxylation is 1. The van der Waals surface area contributed by atoms with E-state index in [9.17, 15) is 13.2 Å². The SMILES string of the molecule is CNS(=O)(=O)c1ccc(CCC(=O)Nc2ccc(-n3cnc4ccccc43)nc2)cc1. The summed E-state index contributed by atoms with van der Waals surface area (Å²) in [6.45, 7) is 0. The maximum atomic E-state index is 12.3. The topological polar surface area (TPSA) is 106 Å². The van der Waals surface area contributed by atoms with Crippen LogP contribution in [0.5, 0.6) is 0 Å². The second kappa shape index (κ2) is 8.66. The van der Waals surface area contributed by atoms with E-state index in [0.29, 0.717) is 17.9 Å². The molecule has 4 aromatic rings. The van der Waals surface area contributed by atoms with Crippen molar-refractivity contribution in [2.75, 3.05) is 12.4 Å². The highest BCUT2D eigenvalue weighted by molar-refractivity contribution is 7.89. The van der Waals surface area contributed by atoms with Crippen LogP contribution in [0, 0.1) is 0 Å². The zero-order chi connectivity index (χ0) is 21.8. The fourth-order valence-electron chi connectivity index (χ4n) is 3.18. The number of anilines is 1. The molecule has 2 aromatic carbocycles. The molecule has 0 atom stereocenters. The monoisotopic (exact) mass is 435 g/mol. The molecule has 9 heteroatoms. The Hall–Kier alpha value is -3.56. The van der Waals surface area contributed by atoms with E-state index in [1.54, 1.807) is 30.7 Å². The van der Waals surface area contributed by atoms with Crippen LogP contribution in [0.25, 0.3) is 16.9 Å². The maximum Gasteiger partial charge on any atom is 0.240 e. The Morgan fingerprint density at radius 2 is 1.77 bits per heavy atom. The van der Waals surface area contributed by atoms with E-state index >= 15 is 0 Å². The number of carbonyl (C=O) groups is 1. The predicted octanol–water partition coefficient (Wildman–Crippen LogP) is 2.90. The van der Waals surface area contributed by atoms with E-state index in [1.807, 2.05) is 34.9 Å². The van der Waals surface area contributed by atoms with Gasteiger partial charge in [0.2, 0.25) is 15.9 Å². The van der Waals surface area contributed by atoms with Crippen LogP contribution in [0.1, 0.15) is 12.0 Å². The number of rotatable bonds is 7. The lowest BCUT2D eigenvalue weighted by Crippen LogP contribution is -2.18. The fourth-order valence-corrected chi connectivity index (χ4v) is 3.91. The predicted molar refractivity (Wildman–Crippen MR) is 119 cm³/mol. The highest BCUT2D eigenvalue weighted by Crippen LogP contribution is 2.18. The molecule has 2 N–H and O–H groups in total. The molecular formula is C22H21N5O3S. The molecule has 0 spiro atoms. The van der Waals surface area contributed by atoms with Crippen LogP contribution in [-0.2, 0) is 21.2 Å². The molecule has 0 bridgehead atoms. The lowest BCUT2D eigenvalue weighted by atomic mass is 10.1. The summed E-state index contributed by atoms with van der Waals surface area (Å²) in [7, 11) is -2.09. The van der Waals surface area contributed by atoms with Gasteiger partial charge in [-0.3, -0.25) is 9.36 Å². The van der Waals surface area contributed by atoms with Gasteiger partial charge in [-0.25, -0.2) is 23.1 Å². The van der Waals surface area contributed by atoms with E-state index in [-0.39, 0.29) is 17.2 Å². The summed E-state index contributed by atoms with van der Waals surface area (Å²) < 4.78 is 27.7. The average Bonchev–Trinajstić information content (AvgIpc) is 3.23. The van der Waals surface area contributed by atoms with E-state index in [4.69, 9.17) is 0 Å². The van der Waals surface area contributed by atoms with Gasteiger partial charge in [-0.1, -0.05) is 24.3 Å². The molecule has 8 nitrogen and oxygen atoms in total. The van der Waals surface area contributed by atoms with Gasteiger partial charge in [0.1, 0.15) is 12.1 Å². The quantitative estimate of drug-likeness (QED) is 0.464. The van der Waals surface area contributed by atoms with Crippen LogP contribution >= 0.6 is 0 Å². The van der Waals surface area contributed by atoms with Gasteiger partial charge in [-0.15, -0.1) is 0 Å². The number of nitrogens with zero attached hydrogens (tertiary/aromatic N) is 3. The molecule has 0 radical (unpaired) electrons. The molecule has 158 valence electrons. The number of aromatic nitrogens is 3. The number of sulfonamides is 1. The number of fused-ring (bicyclic) bond motifs is 1. The van der Waals surface area contributed by atoms with Gasteiger partial charge in [0.25, 0.3) is 0 Å². The number of pyridine rings is 1. The van der Waals surface area contributed by atoms with Crippen LogP contribution in [0.4, 0.5) is 5.69 Å². The minimum atomic E-state index is -3.46. The first kappa shape index (κ1) is 20.7. The number of imidazole rings is 1. The third-order valence-electron chi connectivity index (χ3n) is 4.88. The van der Waals surface area contributed by atoms with Crippen LogP contribution in [-0.4, -0.2) is 35.9 Å². The largest absolute Gasteiger partial charge is 0.325 e. The Morgan fingerprint density at radius 1 is 1.00 bits per heavy atom. The minimum absolute atomic E-state index is 0.144. The fraction of sp³-hybridized carbons (Fsp3) is 0.136. The van der Waals surface area contributed by atoms with Crippen molar-refractivity contribution in [2.24, 2.45) is 0 Å². The summed E-state index contributed by atoms with van der Waals surface area (Å²) in [5.74, 6) is 0.567. The number of hydrogen-bond donors (Lipinski definition) is 2. The zero-order valence-corrected chi connectivity index (χ0v) is 17.6. The molecule has 0 fully saturated rings. The molecule has 1 amide bonds. The average molecular weight is 436 g/mol. The van der Waals surface area contributed by atoms with Crippen molar-refractivity contribution in [3.8, 4) is 5.82 Å². The molecule has 0 aliphatic rings.